The highest BCUT2D eigenvalue weighted by atomic mass is 79.9. The van der Waals surface area contributed by atoms with Gasteiger partial charge in [-0.25, -0.2) is 0 Å². The number of aromatic amines is 1. The number of nitrogens with one attached hydrogen (secondary N) is 2. The zero-order chi connectivity index (χ0) is 18.8. The fourth-order valence-electron chi connectivity index (χ4n) is 3.25. The molecule has 2 aromatic heterocycles. The highest BCUT2D eigenvalue weighted by molar-refractivity contribution is 9.10. The number of hydrogen-bond donors (Lipinski definition) is 2. The number of carbonyl (C=O) groups excluding carboxylic acids is 1. The molecule has 27 heavy (non-hydrogen) atoms. The number of rotatable bonds is 4. The number of amides is 1. The molecule has 0 radical (unpaired) electrons. The summed E-state index contributed by atoms with van der Waals surface area (Å²) < 4.78 is 5.87. The summed E-state index contributed by atoms with van der Waals surface area (Å²) in [7, 11) is 0. The van der Waals surface area contributed by atoms with E-state index in [-0.39, 0.29) is 11.9 Å². The zero-order valence-corrected chi connectivity index (χ0v) is 16.8. The second kappa shape index (κ2) is 7.78. The lowest BCUT2D eigenvalue weighted by Gasteiger charge is -2.33. The molecule has 8 heteroatoms. The van der Waals surface area contributed by atoms with E-state index in [1.54, 1.807) is 12.1 Å². The van der Waals surface area contributed by atoms with Gasteiger partial charge in [-0.3, -0.25) is 9.89 Å². The standard InChI is InChI=1S/C19H18BrClN4O2/c20-17-8-7-16(27-17)19(26)22-14-2-1-9-25(11-14)18-10-15(23-24-18)12-3-5-13(21)6-4-12/h3-8,10,14H,1-2,9,11H2,(H,22,26)(H,23,24)/t14-/m0/s1. The van der Waals surface area contributed by atoms with Gasteiger partial charge in [0.15, 0.2) is 16.2 Å². The van der Waals surface area contributed by atoms with Gasteiger partial charge in [-0.1, -0.05) is 23.7 Å². The molecule has 0 bridgehead atoms. The number of halogens is 2. The Hall–Kier alpha value is -2.25. The fraction of sp³-hybridized carbons (Fsp3) is 0.263. The summed E-state index contributed by atoms with van der Waals surface area (Å²) in [4.78, 5) is 14.5. The summed E-state index contributed by atoms with van der Waals surface area (Å²) in [5.74, 6) is 0.986. The van der Waals surface area contributed by atoms with Crippen LogP contribution in [0, 0.1) is 0 Å². The molecule has 1 aliphatic heterocycles. The Bertz CT molecular complexity index is 937. The second-order valence-corrected chi connectivity index (χ2v) is 7.73. The van der Waals surface area contributed by atoms with Gasteiger partial charge < -0.3 is 14.6 Å². The van der Waals surface area contributed by atoms with Gasteiger partial charge in [0, 0.05) is 30.2 Å². The van der Waals surface area contributed by atoms with Crippen LogP contribution >= 0.6 is 27.5 Å². The third kappa shape index (κ3) is 4.20. The summed E-state index contributed by atoms with van der Waals surface area (Å²) in [6.45, 7) is 1.61. The second-order valence-electron chi connectivity index (χ2n) is 6.51. The summed E-state index contributed by atoms with van der Waals surface area (Å²) >= 11 is 9.17. The van der Waals surface area contributed by atoms with Crippen molar-refractivity contribution in [2.24, 2.45) is 0 Å². The van der Waals surface area contributed by atoms with E-state index < -0.39 is 0 Å². The summed E-state index contributed by atoms with van der Waals surface area (Å²) in [6.07, 6.45) is 1.91. The van der Waals surface area contributed by atoms with Gasteiger partial charge in [0.05, 0.1) is 5.69 Å². The third-order valence-electron chi connectivity index (χ3n) is 4.60. The van der Waals surface area contributed by atoms with Crippen molar-refractivity contribution in [2.75, 3.05) is 18.0 Å². The minimum atomic E-state index is -0.198. The van der Waals surface area contributed by atoms with Gasteiger partial charge in [0.25, 0.3) is 5.91 Å². The van der Waals surface area contributed by atoms with Gasteiger partial charge in [-0.05, 0) is 58.6 Å². The normalized spacial score (nSPS) is 17.1. The lowest BCUT2D eigenvalue weighted by atomic mass is 10.1. The van der Waals surface area contributed by atoms with Crippen LogP contribution in [0.1, 0.15) is 23.4 Å². The average molecular weight is 450 g/mol. The maximum atomic E-state index is 12.3. The number of benzene rings is 1. The number of nitrogens with zero attached hydrogens (tertiary/aromatic N) is 2. The minimum Gasteiger partial charge on any atom is -0.444 e. The number of H-pyrrole nitrogens is 1. The minimum absolute atomic E-state index is 0.0470. The first kappa shape index (κ1) is 18.1. The molecule has 1 atom stereocenters. The van der Waals surface area contributed by atoms with Crippen LogP contribution in [-0.2, 0) is 0 Å². The van der Waals surface area contributed by atoms with Crippen molar-refractivity contribution in [3.05, 3.63) is 57.9 Å². The molecule has 0 unspecified atom stereocenters. The summed E-state index contributed by atoms with van der Waals surface area (Å²) in [5, 5.41) is 11.3. The maximum Gasteiger partial charge on any atom is 0.287 e. The van der Waals surface area contributed by atoms with Crippen LogP contribution in [0.3, 0.4) is 0 Å². The van der Waals surface area contributed by atoms with Crippen LogP contribution < -0.4 is 10.2 Å². The monoisotopic (exact) mass is 448 g/mol. The van der Waals surface area contributed by atoms with Crippen molar-refractivity contribution in [1.82, 2.24) is 15.5 Å². The Labute approximate surface area is 170 Å². The van der Waals surface area contributed by atoms with Crippen molar-refractivity contribution in [3.8, 4) is 11.3 Å². The molecule has 1 aliphatic rings. The Morgan fingerprint density at radius 3 is 2.85 bits per heavy atom. The van der Waals surface area contributed by atoms with Gasteiger partial charge in [-0.2, -0.15) is 5.10 Å². The van der Waals surface area contributed by atoms with Crippen LogP contribution in [0.25, 0.3) is 11.3 Å². The van der Waals surface area contributed by atoms with E-state index in [1.165, 1.54) is 0 Å². The molecule has 1 fully saturated rings. The molecule has 0 aliphatic carbocycles. The highest BCUT2D eigenvalue weighted by Gasteiger charge is 2.24. The first-order valence-corrected chi connectivity index (χ1v) is 9.88. The molecular formula is C19H18BrClN4O2. The Morgan fingerprint density at radius 2 is 2.11 bits per heavy atom. The first-order valence-electron chi connectivity index (χ1n) is 8.71. The first-order chi connectivity index (χ1) is 13.1. The molecule has 3 heterocycles. The smallest absolute Gasteiger partial charge is 0.287 e. The van der Waals surface area contributed by atoms with E-state index in [0.29, 0.717) is 22.0 Å². The van der Waals surface area contributed by atoms with E-state index in [9.17, 15) is 4.79 Å². The van der Waals surface area contributed by atoms with Crippen LogP contribution in [-0.4, -0.2) is 35.2 Å². The van der Waals surface area contributed by atoms with Gasteiger partial charge >= 0.3 is 0 Å². The predicted octanol–water partition coefficient (Wildman–Crippen LogP) is 4.48. The number of hydrogen-bond acceptors (Lipinski definition) is 4. The Balaban J connectivity index is 1.42. The molecule has 0 spiro atoms. The molecule has 3 aromatic rings. The lowest BCUT2D eigenvalue weighted by Crippen LogP contribution is -2.47. The van der Waals surface area contributed by atoms with E-state index in [4.69, 9.17) is 16.0 Å². The summed E-state index contributed by atoms with van der Waals surface area (Å²) in [5.41, 5.74) is 1.97. The largest absolute Gasteiger partial charge is 0.444 e. The topological polar surface area (TPSA) is 74.2 Å². The Kier molecular flexibility index (Phi) is 5.22. The SMILES string of the molecule is O=C(N[C@H]1CCCN(c2cc(-c3ccc(Cl)cc3)[nH]n2)C1)c1ccc(Br)o1. The van der Waals surface area contributed by atoms with Crippen LogP contribution in [0.4, 0.5) is 5.82 Å². The van der Waals surface area contributed by atoms with Crippen LogP contribution in [0.2, 0.25) is 5.02 Å². The van der Waals surface area contributed by atoms with Crippen molar-refractivity contribution < 1.29 is 9.21 Å². The Morgan fingerprint density at radius 1 is 1.30 bits per heavy atom. The molecule has 1 saturated heterocycles. The number of carbonyl (C=O) groups is 1. The number of anilines is 1. The maximum absolute atomic E-state index is 12.3. The summed E-state index contributed by atoms with van der Waals surface area (Å²) in [6, 6.07) is 13.1. The molecule has 0 saturated carbocycles. The fourth-order valence-corrected chi connectivity index (χ4v) is 3.68. The average Bonchev–Trinajstić information content (AvgIpc) is 3.32. The predicted molar refractivity (Wildman–Crippen MR) is 108 cm³/mol. The molecule has 1 amide bonds. The van der Waals surface area contributed by atoms with Gasteiger partial charge in [-0.15, -0.1) is 0 Å². The third-order valence-corrected chi connectivity index (χ3v) is 5.28. The number of aromatic nitrogens is 2. The van der Waals surface area contributed by atoms with Gasteiger partial charge in [0.1, 0.15) is 0 Å². The molecule has 4 rings (SSSR count). The highest BCUT2D eigenvalue weighted by Crippen LogP contribution is 2.25. The van der Waals surface area contributed by atoms with E-state index in [2.05, 4.69) is 36.3 Å². The van der Waals surface area contributed by atoms with Crippen molar-refractivity contribution >= 4 is 39.3 Å². The number of piperidine rings is 1. The van der Waals surface area contributed by atoms with Crippen LogP contribution in [0.5, 0.6) is 0 Å². The molecule has 2 N–H and O–H groups in total. The van der Waals surface area contributed by atoms with E-state index in [0.717, 1.165) is 36.5 Å². The van der Waals surface area contributed by atoms with Crippen molar-refractivity contribution in [3.63, 3.8) is 0 Å². The molecule has 1 aromatic carbocycles. The van der Waals surface area contributed by atoms with E-state index >= 15 is 0 Å². The lowest BCUT2D eigenvalue weighted by molar-refractivity contribution is 0.0903. The van der Waals surface area contributed by atoms with Crippen LogP contribution in [0.15, 0.2) is 51.6 Å². The van der Waals surface area contributed by atoms with E-state index in [1.807, 2.05) is 30.3 Å². The van der Waals surface area contributed by atoms with Crippen molar-refractivity contribution in [2.45, 2.75) is 18.9 Å². The zero-order valence-electron chi connectivity index (χ0n) is 14.4. The van der Waals surface area contributed by atoms with Gasteiger partial charge in [0.2, 0.25) is 0 Å². The quantitative estimate of drug-likeness (QED) is 0.616. The number of furan rings is 1. The molecule has 140 valence electrons. The molecule has 6 nitrogen and oxygen atoms in total. The van der Waals surface area contributed by atoms with Crippen molar-refractivity contribution in [1.29, 1.82) is 0 Å². The molecular weight excluding hydrogens is 432 g/mol.